The quantitative estimate of drug-likeness (QED) is 0.918. The summed E-state index contributed by atoms with van der Waals surface area (Å²) in [4.78, 5) is 14.2. The van der Waals surface area contributed by atoms with Crippen molar-refractivity contribution in [3.63, 3.8) is 0 Å². The van der Waals surface area contributed by atoms with Crippen LogP contribution in [0.3, 0.4) is 0 Å². The van der Waals surface area contributed by atoms with Crippen molar-refractivity contribution in [3.8, 4) is 5.75 Å². The fourth-order valence-electron chi connectivity index (χ4n) is 2.92. The summed E-state index contributed by atoms with van der Waals surface area (Å²) in [6, 6.07) is 3.57. The third-order valence-corrected chi connectivity index (χ3v) is 4.02. The normalized spacial score (nSPS) is 19.7. The van der Waals surface area contributed by atoms with Gasteiger partial charge in [-0.25, -0.2) is 4.39 Å². The Hall–Kier alpha value is -1.58. The molecule has 1 heterocycles. The Morgan fingerprint density at radius 3 is 2.90 bits per heavy atom. The van der Waals surface area contributed by atoms with Gasteiger partial charge in [0.15, 0.2) is 0 Å². The largest absolute Gasteiger partial charge is 0.507 e. The summed E-state index contributed by atoms with van der Waals surface area (Å²) in [6.07, 6.45) is 5.56. The molecule has 4 heteroatoms. The molecule has 0 spiro atoms. The van der Waals surface area contributed by atoms with Crippen LogP contribution < -0.4 is 0 Å². The van der Waals surface area contributed by atoms with Crippen LogP contribution in [0.4, 0.5) is 4.39 Å². The van der Waals surface area contributed by atoms with Crippen LogP contribution in [0.15, 0.2) is 18.2 Å². The Balaban J connectivity index is 2.05. The van der Waals surface area contributed by atoms with Gasteiger partial charge in [-0.2, -0.15) is 0 Å². The van der Waals surface area contributed by atoms with Crippen LogP contribution in [0.25, 0.3) is 0 Å². The van der Waals surface area contributed by atoms with Crippen molar-refractivity contribution in [2.24, 2.45) is 5.92 Å². The van der Waals surface area contributed by atoms with E-state index in [2.05, 4.69) is 6.92 Å². The highest BCUT2D eigenvalue weighted by atomic mass is 19.1. The minimum atomic E-state index is -0.530. The van der Waals surface area contributed by atoms with Gasteiger partial charge in [-0.3, -0.25) is 4.79 Å². The fraction of sp³-hybridized carbons (Fsp3) is 0.562. The van der Waals surface area contributed by atoms with Crippen LogP contribution in [-0.2, 0) is 0 Å². The molecule has 1 atom stereocenters. The lowest BCUT2D eigenvalue weighted by molar-refractivity contribution is 0.0756. The van der Waals surface area contributed by atoms with Crippen LogP contribution in [0.1, 0.15) is 49.4 Å². The van der Waals surface area contributed by atoms with E-state index in [-0.39, 0.29) is 17.2 Å². The number of aromatic hydroxyl groups is 1. The number of carbonyl (C=O) groups excluding carboxylic acids is 1. The molecule has 1 N–H and O–H groups in total. The molecule has 1 amide bonds. The summed E-state index contributed by atoms with van der Waals surface area (Å²) in [5, 5.41) is 9.71. The van der Waals surface area contributed by atoms with Crippen LogP contribution in [0.5, 0.6) is 5.75 Å². The van der Waals surface area contributed by atoms with Gasteiger partial charge in [-0.1, -0.05) is 19.8 Å². The first kappa shape index (κ1) is 14.8. The number of halogens is 1. The molecular formula is C16H22FNO2. The van der Waals surface area contributed by atoms with Gasteiger partial charge in [-0.05, 0) is 37.3 Å². The van der Waals surface area contributed by atoms with Crippen molar-refractivity contribution >= 4 is 5.91 Å². The van der Waals surface area contributed by atoms with E-state index in [9.17, 15) is 14.3 Å². The number of nitrogens with zero attached hydrogens (tertiary/aromatic N) is 1. The minimum absolute atomic E-state index is 0.195. The van der Waals surface area contributed by atoms with Crippen LogP contribution >= 0.6 is 0 Å². The molecule has 0 aliphatic carbocycles. The number of benzene rings is 1. The van der Waals surface area contributed by atoms with E-state index in [1.807, 2.05) is 0 Å². The molecule has 1 fully saturated rings. The molecule has 0 bridgehead atoms. The molecule has 0 saturated carbocycles. The van der Waals surface area contributed by atoms with Gasteiger partial charge in [0.2, 0.25) is 0 Å². The maximum atomic E-state index is 13.0. The third kappa shape index (κ3) is 3.50. The fourth-order valence-corrected chi connectivity index (χ4v) is 2.92. The second-order valence-electron chi connectivity index (χ2n) is 5.54. The molecule has 1 unspecified atom stereocenters. The molecule has 20 heavy (non-hydrogen) atoms. The summed E-state index contributed by atoms with van der Waals surface area (Å²) in [5.74, 6) is -0.304. The number of carbonyl (C=O) groups is 1. The van der Waals surface area contributed by atoms with E-state index >= 15 is 0 Å². The first-order valence-corrected chi connectivity index (χ1v) is 7.39. The minimum Gasteiger partial charge on any atom is -0.507 e. The number of rotatable bonds is 3. The zero-order valence-electron chi connectivity index (χ0n) is 11.9. The summed E-state index contributed by atoms with van der Waals surface area (Å²) in [6.45, 7) is 3.63. The molecule has 1 aliphatic rings. The van der Waals surface area contributed by atoms with Crippen LogP contribution in [0.2, 0.25) is 0 Å². The van der Waals surface area contributed by atoms with E-state index < -0.39 is 5.82 Å². The molecule has 110 valence electrons. The monoisotopic (exact) mass is 279 g/mol. The average molecular weight is 279 g/mol. The summed E-state index contributed by atoms with van der Waals surface area (Å²) >= 11 is 0. The smallest absolute Gasteiger partial charge is 0.257 e. The standard InChI is InChI=1S/C16H22FNO2/c1-2-4-12-5-3-9-18(10-8-12)16(20)14-7-6-13(17)11-15(14)19/h6-7,11-12,19H,2-5,8-10H2,1H3. The van der Waals surface area contributed by atoms with E-state index in [1.54, 1.807) is 4.90 Å². The maximum absolute atomic E-state index is 13.0. The summed E-state index contributed by atoms with van der Waals surface area (Å²) in [7, 11) is 0. The summed E-state index contributed by atoms with van der Waals surface area (Å²) in [5.41, 5.74) is 0.195. The van der Waals surface area contributed by atoms with Crippen molar-refractivity contribution in [1.29, 1.82) is 0 Å². The van der Waals surface area contributed by atoms with Gasteiger partial charge < -0.3 is 10.0 Å². The molecule has 2 rings (SSSR count). The predicted octanol–water partition coefficient (Wildman–Crippen LogP) is 3.57. The van der Waals surface area contributed by atoms with Gasteiger partial charge in [0.05, 0.1) is 5.56 Å². The first-order valence-electron chi connectivity index (χ1n) is 7.39. The van der Waals surface area contributed by atoms with E-state index in [0.29, 0.717) is 5.92 Å². The SMILES string of the molecule is CCCC1CCCN(C(=O)c2ccc(F)cc2O)CC1. The molecule has 1 aromatic carbocycles. The highest BCUT2D eigenvalue weighted by molar-refractivity contribution is 5.96. The Morgan fingerprint density at radius 2 is 2.20 bits per heavy atom. The predicted molar refractivity (Wildman–Crippen MR) is 76.2 cm³/mol. The lowest BCUT2D eigenvalue weighted by atomic mass is 9.96. The van der Waals surface area contributed by atoms with Gasteiger partial charge in [0.1, 0.15) is 11.6 Å². The van der Waals surface area contributed by atoms with Crippen molar-refractivity contribution < 1.29 is 14.3 Å². The van der Waals surface area contributed by atoms with Crippen molar-refractivity contribution in [3.05, 3.63) is 29.6 Å². The molecule has 1 aliphatic heterocycles. The van der Waals surface area contributed by atoms with E-state index in [0.717, 1.165) is 38.4 Å². The zero-order valence-corrected chi connectivity index (χ0v) is 11.9. The summed E-state index contributed by atoms with van der Waals surface area (Å²) < 4.78 is 13.0. The Kier molecular flexibility index (Phi) is 4.99. The number of hydrogen-bond donors (Lipinski definition) is 1. The van der Waals surface area contributed by atoms with Crippen molar-refractivity contribution in [2.75, 3.05) is 13.1 Å². The molecule has 1 aromatic rings. The zero-order chi connectivity index (χ0) is 14.5. The van der Waals surface area contributed by atoms with E-state index in [1.165, 1.54) is 25.0 Å². The number of likely N-dealkylation sites (tertiary alicyclic amines) is 1. The number of amides is 1. The first-order chi connectivity index (χ1) is 9.61. The molecule has 0 radical (unpaired) electrons. The van der Waals surface area contributed by atoms with E-state index in [4.69, 9.17) is 0 Å². The molecule has 3 nitrogen and oxygen atoms in total. The number of phenolic OH excluding ortho intramolecular Hbond substituents is 1. The highest BCUT2D eigenvalue weighted by Gasteiger charge is 2.23. The average Bonchev–Trinajstić information content (AvgIpc) is 2.64. The lowest BCUT2D eigenvalue weighted by Crippen LogP contribution is -2.32. The van der Waals surface area contributed by atoms with Crippen LogP contribution in [-0.4, -0.2) is 29.0 Å². The Labute approximate surface area is 119 Å². The third-order valence-electron chi connectivity index (χ3n) is 4.02. The van der Waals surface area contributed by atoms with Gasteiger partial charge >= 0.3 is 0 Å². The van der Waals surface area contributed by atoms with Crippen molar-refractivity contribution in [2.45, 2.75) is 39.0 Å². The molecular weight excluding hydrogens is 257 g/mol. The van der Waals surface area contributed by atoms with Gasteiger partial charge in [-0.15, -0.1) is 0 Å². The van der Waals surface area contributed by atoms with Crippen molar-refractivity contribution in [1.82, 2.24) is 4.90 Å². The topological polar surface area (TPSA) is 40.5 Å². The van der Waals surface area contributed by atoms with Gasteiger partial charge in [0, 0.05) is 19.2 Å². The maximum Gasteiger partial charge on any atom is 0.257 e. The molecule has 1 saturated heterocycles. The Bertz CT molecular complexity index is 476. The van der Waals surface area contributed by atoms with Gasteiger partial charge in [0.25, 0.3) is 5.91 Å². The highest BCUT2D eigenvalue weighted by Crippen LogP contribution is 2.25. The Morgan fingerprint density at radius 1 is 1.40 bits per heavy atom. The second kappa shape index (κ2) is 6.73. The lowest BCUT2D eigenvalue weighted by Gasteiger charge is -2.21. The van der Waals surface area contributed by atoms with Crippen LogP contribution in [0, 0.1) is 11.7 Å². The molecule has 0 aromatic heterocycles. The second-order valence-corrected chi connectivity index (χ2v) is 5.54. The number of phenols is 1. The number of hydrogen-bond acceptors (Lipinski definition) is 2.